The zero-order chi connectivity index (χ0) is 13.9. The predicted molar refractivity (Wildman–Crippen MR) is 69.0 cm³/mol. The van der Waals surface area contributed by atoms with Crippen LogP contribution in [-0.4, -0.2) is 30.1 Å². The molecule has 1 amide bonds. The molecule has 0 aliphatic heterocycles. The smallest absolute Gasteiger partial charge is 0.329 e. The summed E-state index contributed by atoms with van der Waals surface area (Å²) in [6.07, 6.45) is -3.87. The maximum atomic E-state index is 12.4. The molecule has 1 heterocycles. The SMILES string of the molecule is CCCN(CC(F)(F)F)C(=O)c1cc(C)c(Br)s1. The van der Waals surface area contributed by atoms with Crippen molar-refractivity contribution in [3.8, 4) is 0 Å². The molecule has 0 unspecified atom stereocenters. The Morgan fingerprint density at radius 1 is 1.50 bits per heavy atom. The number of carbonyl (C=O) groups excluding carboxylic acids is 1. The van der Waals surface area contributed by atoms with Gasteiger partial charge in [0, 0.05) is 6.54 Å². The van der Waals surface area contributed by atoms with Crippen molar-refractivity contribution in [1.82, 2.24) is 4.90 Å². The molecule has 0 aliphatic carbocycles. The number of carbonyl (C=O) groups is 1. The van der Waals surface area contributed by atoms with Crippen molar-refractivity contribution in [3.05, 3.63) is 20.3 Å². The Morgan fingerprint density at radius 2 is 2.11 bits per heavy atom. The average Bonchev–Trinajstić information content (AvgIpc) is 2.56. The minimum Gasteiger partial charge on any atom is -0.329 e. The van der Waals surface area contributed by atoms with Gasteiger partial charge in [-0.2, -0.15) is 13.2 Å². The van der Waals surface area contributed by atoms with E-state index in [0.717, 1.165) is 25.6 Å². The van der Waals surface area contributed by atoms with Crippen LogP contribution >= 0.6 is 27.3 Å². The molecule has 0 radical (unpaired) electrons. The molecular formula is C11H13BrF3NOS. The number of aryl methyl sites for hydroxylation is 1. The summed E-state index contributed by atoms with van der Waals surface area (Å²) in [4.78, 5) is 13.2. The summed E-state index contributed by atoms with van der Waals surface area (Å²) >= 11 is 4.42. The van der Waals surface area contributed by atoms with Gasteiger partial charge in [-0.1, -0.05) is 6.92 Å². The number of hydrogen-bond donors (Lipinski definition) is 0. The second-order valence-corrected chi connectivity index (χ2v) is 6.28. The Kier molecular flexibility index (Phi) is 5.21. The molecule has 0 saturated heterocycles. The van der Waals surface area contributed by atoms with Gasteiger partial charge in [-0.25, -0.2) is 0 Å². The van der Waals surface area contributed by atoms with E-state index in [9.17, 15) is 18.0 Å². The van der Waals surface area contributed by atoms with Crippen molar-refractivity contribution in [2.45, 2.75) is 26.4 Å². The lowest BCUT2D eigenvalue weighted by Crippen LogP contribution is -2.39. The molecule has 7 heteroatoms. The fourth-order valence-electron chi connectivity index (χ4n) is 1.46. The molecule has 1 aromatic rings. The number of hydrogen-bond acceptors (Lipinski definition) is 2. The topological polar surface area (TPSA) is 20.3 Å². The van der Waals surface area contributed by atoms with E-state index in [1.165, 1.54) is 0 Å². The van der Waals surface area contributed by atoms with Gasteiger partial charge < -0.3 is 4.90 Å². The highest BCUT2D eigenvalue weighted by molar-refractivity contribution is 9.11. The minimum absolute atomic E-state index is 0.104. The van der Waals surface area contributed by atoms with Crippen LogP contribution < -0.4 is 0 Å². The third kappa shape index (κ3) is 4.28. The Labute approximate surface area is 116 Å². The van der Waals surface area contributed by atoms with Crippen LogP contribution in [0.2, 0.25) is 0 Å². The third-order valence-corrected chi connectivity index (χ3v) is 4.34. The van der Waals surface area contributed by atoms with Crippen molar-refractivity contribution < 1.29 is 18.0 Å². The van der Waals surface area contributed by atoms with E-state index in [4.69, 9.17) is 0 Å². The number of halogens is 4. The molecular weight excluding hydrogens is 331 g/mol. The zero-order valence-corrected chi connectivity index (χ0v) is 12.4. The molecule has 1 aromatic heterocycles. The average molecular weight is 344 g/mol. The highest BCUT2D eigenvalue weighted by Crippen LogP contribution is 2.29. The quantitative estimate of drug-likeness (QED) is 0.800. The van der Waals surface area contributed by atoms with Crippen LogP contribution in [0.25, 0.3) is 0 Å². The highest BCUT2D eigenvalue weighted by atomic mass is 79.9. The summed E-state index contributed by atoms with van der Waals surface area (Å²) < 4.78 is 37.9. The molecule has 2 nitrogen and oxygen atoms in total. The van der Waals surface area contributed by atoms with Crippen LogP contribution in [0.5, 0.6) is 0 Å². The first-order chi connectivity index (χ1) is 8.24. The minimum atomic E-state index is -4.37. The van der Waals surface area contributed by atoms with Crippen LogP contribution in [-0.2, 0) is 0 Å². The van der Waals surface area contributed by atoms with E-state index in [1.807, 2.05) is 0 Å². The van der Waals surface area contributed by atoms with Crippen molar-refractivity contribution >= 4 is 33.2 Å². The largest absolute Gasteiger partial charge is 0.406 e. The third-order valence-electron chi connectivity index (χ3n) is 2.22. The number of thiophene rings is 1. The number of rotatable bonds is 4. The summed E-state index contributed by atoms with van der Waals surface area (Å²) in [6.45, 7) is 2.44. The Bertz CT molecular complexity index is 411. The number of amides is 1. The van der Waals surface area contributed by atoms with Crippen molar-refractivity contribution in [1.29, 1.82) is 0 Å². The van der Waals surface area contributed by atoms with Gasteiger partial charge >= 0.3 is 6.18 Å². The van der Waals surface area contributed by atoms with Gasteiger partial charge in [-0.3, -0.25) is 4.79 Å². The molecule has 0 bridgehead atoms. The fourth-order valence-corrected chi connectivity index (χ4v) is 2.96. The van der Waals surface area contributed by atoms with E-state index in [-0.39, 0.29) is 6.54 Å². The summed E-state index contributed by atoms with van der Waals surface area (Å²) in [5.41, 5.74) is 0.854. The van der Waals surface area contributed by atoms with E-state index in [2.05, 4.69) is 15.9 Å². The Morgan fingerprint density at radius 3 is 2.50 bits per heavy atom. The van der Waals surface area contributed by atoms with Crippen LogP contribution in [0, 0.1) is 6.92 Å². The predicted octanol–water partition coefficient (Wildman–Crippen LogP) is 4.23. The molecule has 0 aromatic carbocycles. The summed E-state index contributed by atoms with van der Waals surface area (Å²) in [5, 5.41) is 0. The molecule has 0 atom stereocenters. The fraction of sp³-hybridized carbons (Fsp3) is 0.545. The number of nitrogens with zero attached hydrogens (tertiary/aromatic N) is 1. The van der Waals surface area contributed by atoms with Crippen LogP contribution in [0.1, 0.15) is 28.6 Å². The van der Waals surface area contributed by atoms with Gasteiger partial charge in [0.1, 0.15) is 6.54 Å². The number of alkyl halides is 3. The van der Waals surface area contributed by atoms with Crippen molar-refractivity contribution in [2.24, 2.45) is 0 Å². The van der Waals surface area contributed by atoms with Gasteiger partial charge in [0.2, 0.25) is 0 Å². The molecule has 0 aliphatic rings. The molecule has 1 rings (SSSR count). The van der Waals surface area contributed by atoms with Crippen LogP contribution in [0.15, 0.2) is 9.85 Å². The second-order valence-electron chi connectivity index (χ2n) is 3.91. The van der Waals surface area contributed by atoms with E-state index in [1.54, 1.807) is 19.9 Å². The maximum Gasteiger partial charge on any atom is 0.406 e. The zero-order valence-electron chi connectivity index (χ0n) is 9.97. The standard InChI is InChI=1S/C11H13BrF3NOS/c1-3-4-16(6-11(13,14)15)10(17)8-5-7(2)9(12)18-8/h5H,3-4,6H2,1-2H3. The lowest BCUT2D eigenvalue weighted by atomic mass is 10.3. The van der Waals surface area contributed by atoms with E-state index >= 15 is 0 Å². The Hall–Kier alpha value is -0.560. The van der Waals surface area contributed by atoms with E-state index in [0.29, 0.717) is 11.3 Å². The van der Waals surface area contributed by atoms with Crippen molar-refractivity contribution in [3.63, 3.8) is 0 Å². The van der Waals surface area contributed by atoms with Gasteiger partial charge in [-0.05, 0) is 40.9 Å². The van der Waals surface area contributed by atoms with Gasteiger partial charge in [0.25, 0.3) is 5.91 Å². The van der Waals surface area contributed by atoms with Gasteiger partial charge in [0.05, 0.1) is 8.66 Å². The first-order valence-electron chi connectivity index (χ1n) is 5.36. The second kappa shape index (κ2) is 6.06. The molecule has 18 heavy (non-hydrogen) atoms. The van der Waals surface area contributed by atoms with E-state index < -0.39 is 18.6 Å². The normalized spacial score (nSPS) is 11.7. The maximum absolute atomic E-state index is 12.4. The summed E-state index contributed by atoms with van der Waals surface area (Å²) in [5.74, 6) is -0.562. The molecule has 0 spiro atoms. The first-order valence-corrected chi connectivity index (χ1v) is 6.97. The molecule has 0 fully saturated rings. The first kappa shape index (κ1) is 15.5. The molecule has 0 saturated carbocycles. The Balaban J connectivity index is 2.88. The lowest BCUT2D eigenvalue weighted by molar-refractivity contribution is -0.140. The van der Waals surface area contributed by atoms with Gasteiger partial charge in [-0.15, -0.1) is 11.3 Å². The highest BCUT2D eigenvalue weighted by Gasteiger charge is 2.33. The molecule has 102 valence electrons. The summed E-state index contributed by atoms with van der Waals surface area (Å²) in [7, 11) is 0. The van der Waals surface area contributed by atoms with Gasteiger partial charge in [0.15, 0.2) is 0 Å². The monoisotopic (exact) mass is 343 g/mol. The van der Waals surface area contributed by atoms with Crippen LogP contribution in [0.3, 0.4) is 0 Å². The van der Waals surface area contributed by atoms with Crippen LogP contribution in [0.4, 0.5) is 13.2 Å². The summed E-state index contributed by atoms with van der Waals surface area (Å²) in [6, 6.07) is 1.61. The molecule has 0 N–H and O–H groups in total. The lowest BCUT2D eigenvalue weighted by Gasteiger charge is -2.22. The van der Waals surface area contributed by atoms with Crippen molar-refractivity contribution in [2.75, 3.05) is 13.1 Å².